The first-order valence-electron chi connectivity index (χ1n) is 10.9. The zero-order valence-electron chi connectivity index (χ0n) is 19.3. The molecule has 0 unspecified atom stereocenters. The third-order valence-electron chi connectivity index (χ3n) is 5.20. The van der Waals surface area contributed by atoms with E-state index in [9.17, 15) is 23.6 Å². The van der Waals surface area contributed by atoms with Crippen molar-refractivity contribution in [3.8, 4) is 0 Å². The van der Waals surface area contributed by atoms with E-state index in [0.29, 0.717) is 5.69 Å². The lowest BCUT2D eigenvalue weighted by Gasteiger charge is -2.12. The van der Waals surface area contributed by atoms with Gasteiger partial charge in [-0.25, -0.2) is 14.2 Å². The first-order chi connectivity index (χ1) is 17.3. The zero-order valence-corrected chi connectivity index (χ0v) is 19.3. The van der Waals surface area contributed by atoms with Crippen LogP contribution in [0.3, 0.4) is 0 Å². The van der Waals surface area contributed by atoms with Crippen molar-refractivity contribution < 1.29 is 27.9 Å². The predicted octanol–water partition coefficient (Wildman–Crippen LogP) is 3.50. The molecule has 0 aliphatic heterocycles. The van der Waals surface area contributed by atoms with Gasteiger partial charge in [0.1, 0.15) is 35.4 Å². The third-order valence-corrected chi connectivity index (χ3v) is 5.20. The van der Waals surface area contributed by atoms with Gasteiger partial charge >= 0.3 is 5.97 Å². The number of furan rings is 1. The molecular formula is C25H21FN4O6. The lowest BCUT2D eigenvalue weighted by Crippen LogP contribution is -2.29. The second kappa shape index (κ2) is 10.2. The van der Waals surface area contributed by atoms with E-state index in [0.717, 1.165) is 10.9 Å². The highest BCUT2D eigenvalue weighted by Crippen LogP contribution is 2.22. The Labute approximate surface area is 203 Å². The molecular weight excluding hydrogens is 471 g/mol. The molecule has 2 N–H and O–H groups in total. The average molecular weight is 492 g/mol. The van der Waals surface area contributed by atoms with Gasteiger partial charge in [0.15, 0.2) is 0 Å². The van der Waals surface area contributed by atoms with Crippen LogP contribution in [0.4, 0.5) is 15.8 Å². The molecule has 0 bridgehead atoms. The Balaban J connectivity index is 1.56. The molecule has 184 valence electrons. The van der Waals surface area contributed by atoms with Crippen molar-refractivity contribution in [1.82, 2.24) is 9.55 Å². The van der Waals surface area contributed by atoms with E-state index in [4.69, 9.17) is 9.15 Å². The van der Waals surface area contributed by atoms with Gasteiger partial charge in [-0.3, -0.25) is 19.0 Å². The number of esters is 1. The number of nitrogens with one attached hydrogen (secondary N) is 2. The molecule has 0 aliphatic carbocycles. The monoisotopic (exact) mass is 492 g/mol. The maximum absolute atomic E-state index is 13.1. The molecule has 11 heteroatoms. The maximum atomic E-state index is 13.1. The number of carbonyl (C=O) groups excluding carboxylic acids is 3. The number of aryl methyl sites for hydroxylation is 1. The molecule has 2 heterocycles. The largest absolute Gasteiger partial charge is 0.462 e. The van der Waals surface area contributed by atoms with Gasteiger partial charge in [0.2, 0.25) is 11.6 Å². The first kappa shape index (κ1) is 24.3. The molecule has 2 aromatic heterocycles. The van der Waals surface area contributed by atoms with E-state index >= 15 is 0 Å². The normalized spacial score (nSPS) is 10.8. The van der Waals surface area contributed by atoms with Crippen LogP contribution in [0.2, 0.25) is 0 Å². The fraction of sp³-hybridized carbons (Fsp3) is 0.160. The number of carbonyl (C=O) groups is 3. The van der Waals surface area contributed by atoms with E-state index in [1.165, 1.54) is 43.3 Å². The van der Waals surface area contributed by atoms with Crippen LogP contribution in [0.25, 0.3) is 11.1 Å². The minimum atomic E-state index is -0.726. The van der Waals surface area contributed by atoms with Gasteiger partial charge in [0, 0.05) is 5.69 Å². The molecule has 0 saturated carbocycles. The molecule has 0 fully saturated rings. The van der Waals surface area contributed by atoms with Gasteiger partial charge in [-0.05, 0) is 50.2 Å². The smallest absolute Gasteiger partial charge is 0.342 e. The minimum absolute atomic E-state index is 0.0399. The first-order valence-corrected chi connectivity index (χ1v) is 10.9. The molecule has 4 rings (SSSR count). The summed E-state index contributed by atoms with van der Waals surface area (Å²) in [6.07, 6.45) is 1.13. The SMILES string of the molecule is CCOC(=O)c1c(C)oc2ncn(CC(=O)Nc3ccccc3C(=O)Nc3ccc(F)cc3)c(=O)c12. The summed E-state index contributed by atoms with van der Waals surface area (Å²) in [7, 11) is 0. The summed E-state index contributed by atoms with van der Waals surface area (Å²) in [6.45, 7) is 2.81. The van der Waals surface area contributed by atoms with Crippen LogP contribution in [-0.4, -0.2) is 33.9 Å². The van der Waals surface area contributed by atoms with Crippen molar-refractivity contribution in [3.05, 3.63) is 87.9 Å². The second-order valence-corrected chi connectivity index (χ2v) is 7.67. The zero-order chi connectivity index (χ0) is 25.8. The lowest BCUT2D eigenvalue weighted by molar-refractivity contribution is -0.116. The van der Waals surface area contributed by atoms with Crippen molar-refractivity contribution in [2.24, 2.45) is 0 Å². The van der Waals surface area contributed by atoms with Gasteiger partial charge in [-0.15, -0.1) is 0 Å². The Kier molecular flexibility index (Phi) is 6.91. The molecule has 10 nitrogen and oxygen atoms in total. The summed E-state index contributed by atoms with van der Waals surface area (Å²) in [4.78, 5) is 54.9. The number of hydrogen-bond acceptors (Lipinski definition) is 7. The minimum Gasteiger partial charge on any atom is -0.462 e. The molecule has 0 saturated heterocycles. The highest BCUT2D eigenvalue weighted by Gasteiger charge is 2.24. The maximum Gasteiger partial charge on any atom is 0.342 e. The van der Waals surface area contributed by atoms with Gasteiger partial charge in [0.25, 0.3) is 11.5 Å². The van der Waals surface area contributed by atoms with Gasteiger partial charge in [-0.2, -0.15) is 0 Å². The van der Waals surface area contributed by atoms with Gasteiger partial charge in [0.05, 0.1) is 17.9 Å². The number of aromatic nitrogens is 2. The van der Waals surface area contributed by atoms with Gasteiger partial charge < -0.3 is 19.8 Å². The van der Waals surface area contributed by atoms with Crippen LogP contribution in [0, 0.1) is 12.7 Å². The van der Waals surface area contributed by atoms with Crippen LogP contribution in [0.1, 0.15) is 33.4 Å². The highest BCUT2D eigenvalue weighted by molar-refractivity contribution is 6.10. The average Bonchev–Trinajstić information content (AvgIpc) is 3.19. The van der Waals surface area contributed by atoms with Crippen molar-refractivity contribution in [2.75, 3.05) is 17.2 Å². The van der Waals surface area contributed by atoms with Crippen molar-refractivity contribution in [3.63, 3.8) is 0 Å². The number of hydrogen-bond donors (Lipinski definition) is 2. The number of ether oxygens (including phenoxy) is 1. The number of benzene rings is 2. The number of para-hydroxylation sites is 1. The Morgan fingerprint density at radius 3 is 2.53 bits per heavy atom. The Bertz CT molecular complexity index is 1520. The molecule has 2 aromatic carbocycles. The van der Waals surface area contributed by atoms with E-state index in [1.807, 2.05) is 0 Å². The lowest BCUT2D eigenvalue weighted by atomic mass is 10.1. The number of anilines is 2. The summed E-state index contributed by atoms with van der Waals surface area (Å²) >= 11 is 0. The topological polar surface area (TPSA) is 133 Å². The van der Waals surface area contributed by atoms with Crippen molar-refractivity contribution in [1.29, 1.82) is 0 Å². The number of nitrogens with zero attached hydrogens (tertiary/aromatic N) is 2. The van der Waals surface area contributed by atoms with E-state index in [-0.39, 0.29) is 40.3 Å². The number of amides is 2. The van der Waals surface area contributed by atoms with Gasteiger partial charge in [-0.1, -0.05) is 12.1 Å². The van der Waals surface area contributed by atoms with Crippen LogP contribution in [0.15, 0.2) is 64.1 Å². The van der Waals surface area contributed by atoms with Crippen LogP contribution in [0.5, 0.6) is 0 Å². The molecule has 36 heavy (non-hydrogen) atoms. The predicted molar refractivity (Wildman–Crippen MR) is 128 cm³/mol. The molecule has 0 radical (unpaired) electrons. The third kappa shape index (κ3) is 4.99. The van der Waals surface area contributed by atoms with E-state index < -0.39 is 35.7 Å². The molecule has 0 spiro atoms. The van der Waals surface area contributed by atoms with Crippen molar-refractivity contribution >= 4 is 40.3 Å². The molecule has 0 atom stereocenters. The van der Waals surface area contributed by atoms with E-state index in [2.05, 4.69) is 15.6 Å². The Morgan fingerprint density at radius 2 is 1.81 bits per heavy atom. The molecule has 2 amide bonds. The fourth-order valence-corrected chi connectivity index (χ4v) is 3.57. The van der Waals surface area contributed by atoms with Crippen LogP contribution in [-0.2, 0) is 16.1 Å². The van der Waals surface area contributed by atoms with Crippen molar-refractivity contribution in [2.45, 2.75) is 20.4 Å². The number of rotatable bonds is 7. The Morgan fingerprint density at radius 1 is 1.08 bits per heavy atom. The summed E-state index contributed by atoms with van der Waals surface area (Å²) in [5, 5.41) is 5.16. The van der Waals surface area contributed by atoms with Crippen LogP contribution >= 0.6 is 0 Å². The number of halogens is 1. The summed E-state index contributed by atoms with van der Waals surface area (Å²) in [6, 6.07) is 11.5. The van der Waals surface area contributed by atoms with E-state index in [1.54, 1.807) is 19.1 Å². The summed E-state index contributed by atoms with van der Waals surface area (Å²) in [5.74, 6) is -2.13. The Hall–Kier alpha value is -4.80. The highest BCUT2D eigenvalue weighted by atomic mass is 19.1. The van der Waals surface area contributed by atoms with Crippen LogP contribution < -0.4 is 16.2 Å². The standard InChI is InChI=1S/C25H21FN4O6/c1-3-35-25(34)20-14(2)36-23-21(20)24(33)30(13-27-23)12-19(31)29-18-7-5-4-6-17(18)22(32)28-16-10-8-15(26)9-11-16/h4-11,13H,3,12H2,1-2H3,(H,28,32)(H,29,31). The summed E-state index contributed by atoms with van der Waals surface area (Å²) in [5.41, 5.74) is 0.00215. The quantitative estimate of drug-likeness (QED) is 0.377. The fourth-order valence-electron chi connectivity index (χ4n) is 3.57. The second-order valence-electron chi connectivity index (χ2n) is 7.67. The summed E-state index contributed by atoms with van der Waals surface area (Å²) < 4.78 is 24.6. The number of fused-ring (bicyclic) bond motifs is 1. The molecule has 0 aliphatic rings. The molecule has 4 aromatic rings.